The predicted molar refractivity (Wildman–Crippen MR) is 341 cm³/mol. The van der Waals surface area contributed by atoms with Gasteiger partial charge < -0.3 is 95.4 Å². The van der Waals surface area contributed by atoms with Crippen LogP contribution in [0.4, 0.5) is 0 Å². The molecule has 4 saturated heterocycles. The van der Waals surface area contributed by atoms with E-state index in [0.29, 0.717) is 31.4 Å². The summed E-state index contributed by atoms with van der Waals surface area (Å²) in [4.78, 5) is 203. The third kappa shape index (κ3) is 24.2. The van der Waals surface area contributed by atoms with E-state index in [2.05, 4.69) is 73.8 Å². The molecule has 5 rings (SSSR count). The Morgan fingerprint density at radius 1 is 0.663 bits per heavy atom. The van der Waals surface area contributed by atoms with Crippen LogP contribution in [0.2, 0.25) is 0 Å². The van der Waals surface area contributed by atoms with E-state index in [1.165, 1.54) is 12.5 Å². The van der Waals surface area contributed by atoms with Crippen molar-refractivity contribution >= 4 is 126 Å². The molecule has 92 heavy (non-hydrogen) atoms. The van der Waals surface area contributed by atoms with Crippen LogP contribution in [0.3, 0.4) is 0 Å². The van der Waals surface area contributed by atoms with Gasteiger partial charge in [-0.1, -0.05) is 70.9 Å². The number of aromatic nitrogens is 2. The van der Waals surface area contributed by atoms with E-state index in [4.69, 9.17) is 11.5 Å². The van der Waals surface area contributed by atoms with Crippen molar-refractivity contribution in [1.82, 2.24) is 78.7 Å². The van der Waals surface area contributed by atoms with E-state index in [9.17, 15) is 77.3 Å². The number of carboxylic acid groups (broad SMARTS) is 1. The maximum absolute atomic E-state index is 14.9. The van der Waals surface area contributed by atoms with Gasteiger partial charge in [0.05, 0.1) is 25.5 Å². The van der Waals surface area contributed by atoms with E-state index in [0.717, 1.165) is 48.1 Å². The van der Waals surface area contributed by atoms with Gasteiger partial charge in [0.2, 0.25) is 76.8 Å². The topological polar surface area (TPSA) is 508 Å². The number of nitrogens with two attached hydrogens (primary N) is 2. The molecule has 0 saturated carbocycles. The average Bonchev–Trinajstić information content (AvgIpc) is 1.66. The van der Waals surface area contributed by atoms with Gasteiger partial charge in [-0.05, 0) is 82.7 Å². The number of hydrogen-bond donors (Lipinski definition) is 17. The van der Waals surface area contributed by atoms with Crippen molar-refractivity contribution in [2.24, 2.45) is 23.3 Å². The fraction of sp³-hybridized carbons (Fsp3) is 0.691. The van der Waals surface area contributed by atoms with Crippen LogP contribution in [0, 0.1) is 11.8 Å². The lowest BCUT2D eigenvalue weighted by atomic mass is 10.0. The van der Waals surface area contributed by atoms with Crippen molar-refractivity contribution < 1.29 is 77.3 Å². The quantitative estimate of drug-likeness (QED) is 0.0428. The Balaban J connectivity index is 1.58. The first-order valence-corrected chi connectivity index (χ1v) is 35.4. The molecular formula is C55H87N17O16S4. The minimum absolute atomic E-state index is 0.00424. The number of aliphatic hydroxyl groups excluding tert-OH is 1. The van der Waals surface area contributed by atoms with Gasteiger partial charge in [0.1, 0.15) is 66.5 Å². The van der Waals surface area contributed by atoms with E-state index < -0.39 is 174 Å². The number of imidazole rings is 1. The third-order valence-electron chi connectivity index (χ3n) is 15.1. The zero-order chi connectivity index (χ0) is 67.6. The van der Waals surface area contributed by atoms with Crippen molar-refractivity contribution in [3.8, 4) is 0 Å². The second-order valence-corrected chi connectivity index (χ2v) is 28.3. The Hall–Kier alpha value is -6.93. The lowest BCUT2D eigenvalue weighted by molar-refractivity contribution is -0.146. The van der Waals surface area contributed by atoms with Gasteiger partial charge in [0, 0.05) is 54.3 Å². The maximum atomic E-state index is 14.9. The van der Waals surface area contributed by atoms with Crippen molar-refractivity contribution in [3.05, 3.63) is 18.2 Å². The molecule has 0 radical (unpaired) electrons. The summed E-state index contributed by atoms with van der Waals surface area (Å²) in [5, 5.41) is 52.6. The number of hydrogen-bond acceptors (Lipinski definition) is 22. The number of carbonyl (C=O) groups excluding carboxylic acids is 13. The first kappa shape index (κ1) is 75.8. The largest absolute Gasteiger partial charge is 0.480 e. The minimum Gasteiger partial charge on any atom is -0.480 e. The Bertz CT molecular complexity index is 2770. The molecule has 0 spiro atoms. The molecule has 512 valence electrons. The standard InChI is InChI=1S/C55H87N17O16S4/c1-27(2)17-33-49(81)68-36-23-90-89-22-35(46(78)60-20-41(75)63-30(9-5-7-14-56)47(79)64-31(48(80)65-33)10-6-8-15-57)67-51(83)37(69-52(84)43(28(3)4)71-42(76)21-59-45(77)32-11-12-40(74)62-32)24-91-92-25-38(55(87)88)70-53(85)44-39(73)13-16-72(44)54(86)34(66-50(36)82)18-29-19-58-26-61-29/h19,26-28,30-39,43-44,73H,5-18,20-25,56-57H2,1-4H3,(H,58,61)(H,59,77)(H,60,78)(H,62,74)(H,63,75)(H,64,79)(H,65,80)(H,66,82)(H,67,83)(H,68,81)(H,69,84)(H,70,85)(H,71,76)(H,87,88)/t30-,31-,32-,33-,34-,35-,36-,37-,38-,39-,43-,44-/m0/s1. The highest BCUT2D eigenvalue weighted by Crippen LogP contribution is 2.27. The molecule has 37 heteroatoms. The first-order chi connectivity index (χ1) is 43.8. The van der Waals surface area contributed by atoms with E-state index in [-0.39, 0.29) is 93.7 Å². The van der Waals surface area contributed by atoms with Crippen molar-refractivity contribution in [3.63, 3.8) is 0 Å². The summed E-state index contributed by atoms with van der Waals surface area (Å²) in [6.45, 7) is 5.62. The number of carboxylic acids is 1. The van der Waals surface area contributed by atoms with Crippen LogP contribution >= 0.6 is 43.2 Å². The highest BCUT2D eigenvalue weighted by Gasteiger charge is 2.45. The highest BCUT2D eigenvalue weighted by molar-refractivity contribution is 8.77. The Morgan fingerprint density at radius 3 is 1.86 bits per heavy atom. The molecule has 19 N–H and O–H groups in total. The molecule has 1 aromatic heterocycles. The van der Waals surface area contributed by atoms with E-state index in [1.54, 1.807) is 27.7 Å². The molecule has 13 amide bonds. The zero-order valence-corrected chi connectivity index (χ0v) is 54.9. The van der Waals surface area contributed by atoms with Crippen LogP contribution in [0.5, 0.6) is 0 Å². The monoisotopic (exact) mass is 1370 g/mol. The van der Waals surface area contributed by atoms with Crippen LogP contribution < -0.4 is 75.3 Å². The van der Waals surface area contributed by atoms with Gasteiger partial charge in [0.15, 0.2) is 0 Å². The molecule has 5 heterocycles. The fourth-order valence-electron chi connectivity index (χ4n) is 10.0. The number of rotatable bonds is 20. The van der Waals surface area contributed by atoms with Crippen LogP contribution in [0.25, 0.3) is 0 Å². The van der Waals surface area contributed by atoms with Crippen LogP contribution in [-0.2, 0) is 73.5 Å². The van der Waals surface area contributed by atoms with Gasteiger partial charge >= 0.3 is 5.97 Å². The van der Waals surface area contributed by atoms with Gasteiger partial charge in [-0.3, -0.25) is 62.3 Å². The van der Waals surface area contributed by atoms with E-state index >= 15 is 0 Å². The second-order valence-electron chi connectivity index (χ2n) is 23.2. The molecule has 0 aromatic carbocycles. The number of aliphatic hydroxyl groups is 1. The number of fused-ring (bicyclic) bond motifs is 6. The van der Waals surface area contributed by atoms with Gasteiger partial charge in [-0.2, -0.15) is 0 Å². The molecule has 4 aliphatic heterocycles. The molecule has 4 aliphatic rings. The third-order valence-corrected chi connectivity index (χ3v) is 19.9. The number of unbranched alkanes of at least 4 members (excludes halogenated alkanes) is 2. The molecule has 0 unspecified atom stereocenters. The van der Waals surface area contributed by atoms with Crippen molar-refractivity contribution in [2.75, 3.05) is 55.7 Å². The van der Waals surface area contributed by atoms with Crippen molar-refractivity contribution in [1.29, 1.82) is 0 Å². The second kappa shape index (κ2) is 38.3. The normalized spacial score (nSPS) is 26.9. The Labute approximate surface area is 547 Å². The number of aliphatic carboxylic acids is 1. The molecule has 0 aliphatic carbocycles. The van der Waals surface area contributed by atoms with Crippen LogP contribution in [0.1, 0.15) is 97.6 Å². The summed E-state index contributed by atoms with van der Waals surface area (Å²) in [7, 11) is 3.53. The zero-order valence-electron chi connectivity index (χ0n) is 51.7. The van der Waals surface area contributed by atoms with Gasteiger partial charge in [-0.25, -0.2) is 9.78 Å². The Morgan fingerprint density at radius 2 is 1.26 bits per heavy atom. The summed E-state index contributed by atoms with van der Waals surface area (Å²) in [6.07, 6.45) is 2.75. The summed E-state index contributed by atoms with van der Waals surface area (Å²) in [6, 6.07) is -15.8. The predicted octanol–water partition coefficient (Wildman–Crippen LogP) is -5.38. The number of nitrogens with zero attached hydrogens (tertiary/aromatic N) is 2. The van der Waals surface area contributed by atoms with Gasteiger partial charge in [-0.15, -0.1) is 0 Å². The lowest BCUT2D eigenvalue weighted by Crippen LogP contribution is -2.61. The highest BCUT2D eigenvalue weighted by atomic mass is 33.1. The summed E-state index contributed by atoms with van der Waals surface area (Å²) >= 11 is 0. The molecule has 2 bridgehead atoms. The smallest absolute Gasteiger partial charge is 0.327 e. The van der Waals surface area contributed by atoms with Crippen LogP contribution in [0.15, 0.2) is 12.5 Å². The number of amides is 13. The number of nitrogens with one attached hydrogen (secondary N) is 13. The molecule has 4 fully saturated rings. The Kier molecular flexibility index (Phi) is 31.6. The molecule has 1 aromatic rings. The first-order valence-electron chi connectivity index (χ1n) is 30.4. The number of aromatic amines is 1. The summed E-state index contributed by atoms with van der Waals surface area (Å²) < 4.78 is 0. The average molecular weight is 1370 g/mol. The summed E-state index contributed by atoms with van der Waals surface area (Å²) in [5.41, 5.74) is 11.9. The number of H-pyrrole nitrogens is 1. The molecule has 12 atom stereocenters. The van der Waals surface area contributed by atoms with Gasteiger partial charge in [0.25, 0.3) is 0 Å². The maximum Gasteiger partial charge on any atom is 0.327 e. The van der Waals surface area contributed by atoms with Crippen molar-refractivity contribution in [2.45, 2.75) is 171 Å². The minimum atomic E-state index is -1.70. The SMILES string of the molecule is CC(C)C[C@@H]1NC(=O)[C@H](CCCCN)NC(=O)[C@H](CCCCN)NC(=O)CNC(=O)[C@@H]2CSSC[C@H](NC1=O)C(=O)N[C@@H](Cc1cnc[nH]1)C(=O)N1CC[C@H](O)[C@H]1C(=O)N[C@H](C(=O)O)CSSC[C@H](NC(=O)[C@@H](NC(=O)CNC(=O)[C@@H]1CCC(=O)N1)C(C)C)C(=O)N2. The summed E-state index contributed by atoms with van der Waals surface area (Å²) in [5.74, 6) is -14.8. The molecular weight excluding hydrogens is 1280 g/mol. The molecule has 33 nitrogen and oxygen atoms in total. The lowest BCUT2D eigenvalue weighted by Gasteiger charge is -2.31. The fourth-order valence-corrected chi connectivity index (χ4v) is 14.7. The number of carbonyl (C=O) groups is 14. The van der Waals surface area contributed by atoms with E-state index in [1.807, 2.05) is 0 Å². The van der Waals surface area contributed by atoms with Crippen LogP contribution in [-0.4, -0.2) is 236 Å².